The number of rotatable bonds is 4. The van der Waals surface area contributed by atoms with E-state index in [4.69, 9.17) is 4.74 Å². The van der Waals surface area contributed by atoms with Gasteiger partial charge in [0.2, 0.25) is 5.91 Å². The first-order valence-electron chi connectivity index (χ1n) is 10.7. The van der Waals surface area contributed by atoms with Crippen molar-refractivity contribution in [3.63, 3.8) is 0 Å². The van der Waals surface area contributed by atoms with E-state index in [-0.39, 0.29) is 29.7 Å². The maximum Gasteiger partial charge on any atom is 0.325 e. The van der Waals surface area contributed by atoms with Gasteiger partial charge in [0.05, 0.1) is 36.0 Å². The van der Waals surface area contributed by atoms with Gasteiger partial charge in [-0.2, -0.15) is 5.10 Å². The third-order valence-electron chi connectivity index (χ3n) is 6.60. The average molecular weight is 435 g/mol. The fourth-order valence-electron chi connectivity index (χ4n) is 4.82. The number of fused-ring (bicyclic) bond motifs is 1. The van der Waals surface area contributed by atoms with Crippen LogP contribution in [-0.2, 0) is 9.53 Å². The Kier molecular flexibility index (Phi) is 4.23. The van der Waals surface area contributed by atoms with Crippen molar-refractivity contribution < 1.29 is 18.7 Å². The van der Waals surface area contributed by atoms with Crippen molar-refractivity contribution >= 4 is 28.5 Å². The molecule has 2 aromatic carbocycles. The highest BCUT2D eigenvalue weighted by atomic mass is 19.1. The number of amides is 3. The lowest BCUT2D eigenvalue weighted by Crippen LogP contribution is -2.68. The summed E-state index contributed by atoms with van der Waals surface area (Å²) < 4.78 is 21.1. The Morgan fingerprint density at radius 3 is 2.59 bits per heavy atom. The zero-order valence-electron chi connectivity index (χ0n) is 17.4. The van der Waals surface area contributed by atoms with Crippen molar-refractivity contribution in [3.05, 3.63) is 54.5 Å². The lowest BCUT2D eigenvalue weighted by atomic mass is 9.78. The summed E-state index contributed by atoms with van der Waals surface area (Å²) in [6.07, 6.45) is 1.65. The summed E-state index contributed by atoms with van der Waals surface area (Å²) in [5, 5.41) is 5.13. The molecule has 164 valence electrons. The van der Waals surface area contributed by atoms with E-state index in [1.54, 1.807) is 43.8 Å². The maximum atomic E-state index is 14.3. The van der Waals surface area contributed by atoms with E-state index in [1.165, 1.54) is 6.07 Å². The van der Waals surface area contributed by atoms with Crippen molar-refractivity contribution in [1.82, 2.24) is 19.6 Å². The second kappa shape index (κ2) is 7.03. The molecule has 1 spiro atoms. The largest absolute Gasteiger partial charge is 0.380 e. The van der Waals surface area contributed by atoms with Crippen LogP contribution >= 0.6 is 0 Å². The van der Waals surface area contributed by atoms with Crippen molar-refractivity contribution in [1.29, 1.82) is 0 Å². The van der Waals surface area contributed by atoms with E-state index in [0.717, 1.165) is 18.6 Å². The Labute approximate surface area is 183 Å². The second-order valence-electron chi connectivity index (χ2n) is 8.82. The highest BCUT2D eigenvalue weighted by Crippen LogP contribution is 2.37. The van der Waals surface area contributed by atoms with Gasteiger partial charge in [0.15, 0.2) is 0 Å². The summed E-state index contributed by atoms with van der Waals surface area (Å²) in [7, 11) is 0. The number of ether oxygens (including phenoxy) is 1. The molecule has 0 bridgehead atoms. The number of aromatic nitrogens is 2. The number of carbonyl (C=O) groups is 2. The summed E-state index contributed by atoms with van der Waals surface area (Å²) in [6, 6.07) is 11.8. The Bertz CT molecular complexity index is 1230. The van der Waals surface area contributed by atoms with Gasteiger partial charge in [-0.25, -0.2) is 13.9 Å². The molecule has 3 saturated heterocycles. The molecular formula is C23H22FN5O3. The molecule has 3 aliphatic heterocycles. The molecule has 9 heteroatoms. The van der Waals surface area contributed by atoms with Crippen LogP contribution < -0.4 is 4.90 Å². The summed E-state index contributed by atoms with van der Waals surface area (Å²) in [5.41, 5.74) is 1.93. The lowest BCUT2D eigenvalue weighted by molar-refractivity contribution is -0.195. The van der Waals surface area contributed by atoms with Gasteiger partial charge in [0.25, 0.3) is 0 Å². The topological polar surface area (TPSA) is 70.9 Å². The van der Waals surface area contributed by atoms with Crippen LogP contribution in [0.1, 0.15) is 0 Å². The first-order valence-corrected chi connectivity index (χ1v) is 10.7. The first kappa shape index (κ1) is 19.2. The van der Waals surface area contributed by atoms with Gasteiger partial charge in [-0.05, 0) is 24.3 Å². The van der Waals surface area contributed by atoms with Gasteiger partial charge in [-0.3, -0.25) is 9.69 Å². The van der Waals surface area contributed by atoms with Crippen LogP contribution in [-0.4, -0.2) is 77.5 Å². The Hall–Kier alpha value is -3.46. The highest BCUT2D eigenvalue weighted by Gasteiger charge is 2.51. The molecule has 3 aliphatic rings. The van der Waals surface area contributed by atoms with E-state index in [0.29, 0.717) is 43.1 Å². The van der Waals surface area contributed by atoms with Crippen LogP contribution in [0.3, 0.4) is 0 Å². The average Bonchev–Trinajstić information content (AvgIpc) is 3.30. The number of likely N-dealkylation sites (tertiary alicyclic amines) is 1. The van der Waals surface area contributed by atoms with Crippen molar-refractivity contribution in [3.8, 4) is 5.69 Å². The predicted molar refractivity (Wildman–Crippen MR) is 115 cm³/mol. The molecule has 0 unspecified atom stereocenters. The van der Waals surface area contributed by atoms with Crippen LogP contribution in [0.15, 0.2) is 48.7 Å². The molecule has 0 atom stereocenters. The highest BCUT2D eigenvalue weighted by molar-refractivity contribution is 6.04. The monoisotopic (exact) mass is 435 g/mol. The number of nitrogens with zero attached hydrogens (tertiary/aromatic N) is 5. The fraction of sp³-hybridized carbons (Fsp3) is 0.348. The predicted octanol–water partition coefficient (Wildman–Crippen LogP) is 2.27. The summed E-state index contributed by atoms with van der Waals surface area (Å²) in [4.78, 5) is 30.8. The molecule has 8 nitrogen and oxygen atoms in total. The molecule has 0 aliphatic carbocycles. The van der Waals surface area contributed by atoms with Crippen LogP contribution in [0.4, 0.5) is 14.9 Å². The third-order valence-corrected chi connectivity index (χ3v) is 6.60. The minimum Gasteiger partial charge on any atom is -0.380 e. The molecule has 1 aromatic heterocycles. The molecule has 0 radical (unpaired) electrons. The molecular weight excluding hydrogens is 413 g/mol. The lowest BCUT2D eigenvalue weighted by Gasteiger charge is -2.55. The fourth-order valence-corrected chi connectivity index (χ4v) is 4.82. The van der Waals surface area contributed by atoms with Crippen LogP contribution in [0, 0.1) is 11.2 Å². The van der Waals surface area contributed by atoms with E-state index in [2.05, 4.69) is 5.10 Å². The Morgan fingerprint density at radius 1 is 1.06 bits per heavy atom. The number of hydrogen-bond acceptors (Lipinski definition) is 4. The van der Waals surface area contributed by atoms with Crippen molar-refractivity contribution in [2.75, 3.05) is 50.8 Å². The summed E-state index contributed by atoms with van der Waals surface area (Å²) in [6.45, 7) is 3.91. The zero-order valence-corrected chi connectivity index (χ0v) is 17.4. The zero-order chi connectivity index (χ0) is 21.9. The number of urea groups is 1. The van der Waals surface area contributed by atoms with Crippen LogP contribution in [0.25, 0.3) is 16.6 Å². The Balaban J connectivity index is 1.22. The molecule has 4 heterocycles. The van der Waals surface area contributed by atoms with Gasteiger partial charge in [-0.15, -0.1) is 0 Å². The van der Waals surface area contributed by atoms with Gasteiger partial charge >= 0.3 is 6.03 Å². The molecule has 0 N–H and O–H groups in total. The Morgan fingerprint density at radius 2 is 1.84 bits per heavy atom. The maximum absolute atomic E-state index is 14.3. The number of anilines is 1. The van der Waals surface area contributed by atoms with Crippen LogP contribution in [0.5, 0.6) is 0 Å². The van der Waals surface area contributed by atoms with Gasteiger partial charge in [0.1, 0.15) is 18.0 Å². The molecule has 0 saturated carbocycles. The summed E-state index contributed by atoms with van der Waals surface area (Å²) in [5.74, 6) is -0.394. The quantitative estimate of drug-likeness (QED) is 0.631. The SMILES string of the molecule is O=C(CN1CCN(c2cccc3c2cnn3-c2ccccc2F)C1=O)N1CC2(COC2)C1. The van der Waals surface area contributed by atoms with E-state index in [1.807, 2.05) is 18.2 Å². The van der Waals surface area contributed by atoms with Gasteiger partial charge < -0.3 is 14.5 Å². The number of hydrogen-bond donors (Lipinski definition) is 0. The first-order chi connectivity index (χ1) is 15.5. The molecule has 32 heavy (non-hydrogen) atoms. The van der Waals surface area contributed by atoms with Gasteiger partial charge in [0, 0.05) is 31.6 Å². The van der Waals surface area contributed by atoms with Gasteiger partial charge in [-0.1, -0.05) is 18.2 Å². The molecule has 3 fully saturated rings. The standard InChI is InChI=1S/C23H22FN5O3/c24-17-4-1-2-5-20(17)29-19-7-3-6-18(16(19)10-25-29)28-9-8-26(22(28)31)11-21(30)27-12-23(13-27)14-32-15-23/h1-7,10H,8-9,11-15H2. The van der Waals surface area contributed by atoms with Crippen molar-refractivity contribution in [2.45, 2.75) is 0 Å². The smallest absolute Gasteiger partial charge is 0.325 e. The molecule has 3 amide bonds. The third kappa shape index (κ3) is 2.88. The number of benzene rings is 2. The number of para-hydroxylation sites is 1. The van der Waals surface area contributed by atoms with Crippen LogP contribution in [0.2, 0.25) is 0 Å². The minimum absolute atomic E-state index is 0.0247. The van der Waals surface area contributed by atoms with E-state index in [9.17, 15) is 14.0 Å². The number of halogens is 1. The van der Waals surface area contributed by atoms with E-state index < -0.39 is 0 Å². The second-order valence-corrected chi connectivity index (χ2v) is 8.82. The molecule has 6 rings (SSSR count). The summed E-state index contributed by atoms with van der Waals surface area (Å²) >= 11 is 0. The van der Waals surface area contributed by atoms with E-state index >= 15 is 0 Å². The molecule has 3 aromatic rings. The minimum atomic E-state index is -0.369. The normalized spacial score (nSPS) is 19.5. The number of carbonyl (C=O) groups excluding carboxylic acids is 2. The van der Waals surface area contributed by atoms with Crippen molar-refractivity contribution in [2.24, 2.45) is 5.41 Å².